The summed E-state index contributed by atoms with van der Waals surface area (Å²) in [5.74, 6) is -0.763. The Labute approximate surface area is 193 Å². The highest BCUT2D eigenvalue weighted by atomic mass is 35.5. The van der Waals surface area contributed by atoms with E-state index in [4.69, 9.17) is 9.47 Å². The van der Waals surface area contributed by atoms with Gasteiger partial charge in [0.2, 0.25) is 5.75 Å². The molecule has 0 unspecified atom stereocenters. The predicted molar refractivity (Wildman–Crippen MR) is 116 cm³/mol. The zero-order chi connectivity index (χ0) is 23.3. The van der Waals surface area contributed by atoms with E-state index in [1.165, 1.54) is 25.4 Å². The Morgan fingerprint density at radius 2 is 1.76 bits per heavy atom. The number of hydrogen-bond acceptors (Lipinski definition) is 6. The van der Waals surface area contributed by atoms with Crippen LogP contribution in [0.1, 0.15) is 6.42 Å². The average molecular weight is 497 g/mol. The molecule has 1 aliphatic rings. The molecule has 0 atom stereocenters. The molecule has 1 aromatic carbocycles. The second-order valence-electron chi connectivity index (χ2n) is 7.32. The molecule has 2 heterocycles. The summed E-state index contributed by atoms with van der Waals surface area (Å²) in [5, 5.41) is 0. The molecule has 0 bridgehead atoms. The van der Waals surface area contributed by atoms with Gasteiger partial charge in [-0.2, -0.15) is 13.2 Å². The van der Waals surface area contributed by atoms with Crippen LogP contribution >= 0.6 is 12.4 Å². The molecule has 1 aliphatic heterocycles. The maximum atomic E-state index is 13.5. The third kappa shape index (κ3) is 7.13. The Kier molecular flexibility index (Phi) is 9.17. The number of H-pyrrole nitrogens is 1. The normalized spacial score (nSPS) is 14.6. The summed E-state index contributed by atoms with van der Waals surface area (Å²) in [4.78, 5) is 30.5. The van der Waals surface area contributed by atoms with Crippen LogP contribution in [0.3, 0.4) is 0 Å². The van der Waals surface area contributed by atoms with Crippen LogP contribution in [0.2, 0.25) is 0 Å². The fourth-order valence-corrected chi connectivity index (χ4v) is 3.53. The van der Waals surface area contributed by atoms with Gasteiger partial charge in [0.05, 0.1) is 19.0 Å². The van der Waals surface area contributed by atoms with Crippen LogP contribution in [-0.2, 0) is 6.54 Å². The summed E-state index contributed by atoms with van der Waals surface area (Å²) in [6.45, 7) is 1.59. The molecule has 8 nitrogen and oxygen atoms in total. The molecule has 1 saturated heterocycles. The van der Waals surface area contributed by atoms with Crippen molar-refractivity contribution in [2.45, 2.75) is 19.1 Å². The summed E-state index contributed by atoms with van der Waals surface area (Å²) in [7, 11) is 1.35. The van der Waals surface area contributed by atoms with E-state index in [1.807, 2.05) is 4.90 Å². The molecule has 13 heteroatoms. The summed E-state index contributed by atoms with van der Waals surface area (Å²) in [6.07, 6.45) is -2.75. The predicted octanol–water partition coefficient (Wildman–Crippen LogP) is 2.26. The summed E-state index contributed by atoms with van der Waals surface area (Å²) >= 11 is 0. The fraction of sp³-hybridized carbons (Fsp3) is 0.500. The van der Waals surface area contributed by atoms with E-state index in [0.29, 0.717) is 44.8 Å². The van der Waals surface area contributed by atoms with Crippen LogP contribution < -0.4 is 25.6 Å². The zero-order valence-corrected chi connectivity index (χ0v) is 18.7. The van der Waals surface area contributed by atoms with E-state index < -0.39 is 29.8 Å². The second-order valence-corrected chi connectivity index (χ2v) is 7.32. The lowest BCUT2D eigenvalue weighted by atomic mass is 10.2. The Morgan fingerprint density at radius 3 is 2.39 bits per heavy atom. The number of aromatic nitrogens is 2. The third-order valence-corrected chi connectivity index (χ3v) is 5.13. The van der Waals surface area contributed by atoms with Crippen molar-refractivity contribution in [3.8, 4) is 11.5 Å². The summed E-state index contributed by atoms with van der Waals surface area (Å²) in [6, 6.07) is 3.56. The second kappa shape index (κ2) is 11.4. The van der Waals surface area contributed by atoms with Crippen molar-refractivity contribution in [2.75, 3.05) is 51.3 Å². The minimum absolute atomic E-state index is 0. The lowest BCUT2D eigenvalue weighted by Gasteiger charge is -2.36. The van der Waals surface area contributed by atoms with Gasteiger partial charge in [-0.1, -0.05) is 0 Å². The first-order valence-corrected chi connectivity index (χ1v) is 10.0. The number of methoxy groups -OCH3 is 1. The topological polar surface area (TPSA) is 79.8 Å². The van der Waals surface area contributed by atoms with Gasteiger partial charge in [-0.05, 0) is 25.1 Å². The number of benzene rings is 1. The van der Waals surface area contributed by atoms with Crippen LogP contribution in [0.4, 0.5) is 23.2 Å². The highest BCUT2D eigenvalue weighted by Gasteiger charge is 2.29. The lowest BCUT2D eigenvalue weighted by Crippen LogP contribution is -2.47. The number of alkyl halides is 3. The van der Waals surface area contributed by atoms with Gasteiger partial charge in [0.1, 0.15) is 11.6 Å². The van der Waals surface area contributed by atoms with Gasteiger partial charge in [-0.3, -0.25) is 14.3 Å². The molecule has 1 aromatic heterocycles. The molecule has 184 valence electrons. The van der Waals surface area contributed by atoms with Crippen molar-refractivity contribution in [1.29, 1.82) is 0 Å². The molecular weight excluding hydrogens is 472 g/mol. The number of piperazine rings is 1. The molecule has 3 rings (SSSR count). The van der Waals surface area contributed by atoms with E-state index in [-0.39, 0.29) is 30.5 Å². The minimum Gasteiger partial charge on any atom is -0.490 e. The summed E-state index contributed by atoms with van der Waals surface area (Å²) < 4.78 is 61.9. The zero-order valence-electron chi connectivity index (χ0n) is 17.9. The van der Waals surface area contributed by atoms with Crippen molar-refractivity contribution in [1.82, 2.24) is 14.5 Å². The number of ether oxygens (including phenoxy) is 2. The molecule has 0 spiro atoms. The first-order valence-electron chi connectivity index (χ1n) is 10.0. The van der Waals surface area contributed by atoms with Crippen molar-refractivity contribution in [3.63, 3.8) is 0 Å². The van der Waals surface area contributed by atoms with Crippen molar-refractivity contribution < 1.29 is 27.0 Å². The smallest absolute Gasteiger partial charge is 0.422 e. The van der Waals surface area contributed by atoms with Crippen molar-refractivity contribution in [3.05, 3.63) is 51.1 Å². The van der Waals surface area contributed by atoms with Crippen molar-refractivity contribution >= 4 is 18.1 Å². The van der Waals surface area contributed by atoms with Gasteiger partial charge in [0.15, 0.2) is 6.61 Å². The van der Waals surface area contributed by atoms with Gasteiger partial charge in [0, 0.05) is 38.8 Å². The number of nitrogens with zero attached hydrogens (tertiary/aromatic N) is 3. The Balaban J connectivity index is 0.00000385. The molecule has 0 aliphatic carbocycles. The van der Waals surface area contributed by atoms with Crippen LogP contribution in [0.5, 0.6) is 11.5 Å². The molecule has 0 saturated carbocycles. The number of halogens is 5. The minimum atomic E-state index is -4.52. The molecule has 1 N–H and O–H groups in total. The largest absolute Gasteiger partial charge is 0.490 e. The van der Waals surface area contributed by atoms with E-state index in [0.717, 1.165) is 10.6 Å². The van der Waals surface area contributed by atoms with Crippen LogP contribution in [0, 0.1) is 5.82 Å². The average Bonchev–Trinajstić information content (AvgIpc) is 2.75. The quantitative estimate of drug-likeness (QED) is 0.565. The van der Waals surface area contributed by atoms with Gasteiger partial charge in [0.25, 0.3) is 5.56 Å². The van der Waals surface area contributed by atoms with Gasteiger partial charge in [-0.25, -0.2) is 9.18 Å². The van der Waals surface area contributed by atoms with Gasteiger partial charge in [-0.15, -0.1) is 12.4 Å². The molecule has 33 heavy (non-hydrogen) atoms. The highest BCUT2D eigenvalue weighted by Crippen LogP contribution is 2.31. The number of anilines is 1. The number of aromatic amines is 1. The number of hydrogen-bond donors (Lipinski definition) is 1. The SMILES string of the molecule is COc1c[nH]c(=O)n(CCCN2CCN(c3ccc(F)cc3OCC(F)(F)F)CC2)c1=O.Cl. The third-order valence-electron chi connectivity index (χ3n) is 5.13. The Hall–Kier alpha value is -2.73. The van der Waals surface area contributed by atoms with E-state index >= 15 is 0 Å². The van der Waals surface area contributed by atoms with Crippen LogP contribution in [0.25, 0.3) is 0 Å². The van der Waals surface area contributed by atoms with E-state index in [1.54, 1.807) is 0 Å². The molecular formula is C20H25ClF4N4O4. The van der Waals surface area contributed by atoms with Crippen molar-refractivity contribution in [2.24, 2.45) is 0 Å². The molecule has 2 aromatic rings. The Morgan fingerprint density at radius 1 is 1.06 bits per heavy atom. The molecule has 1 fully saturated rings. The first-order chi connectivity index (χ1) is 15.2. The van der Waals surface area contributed by atoms with Gasteiger partial charge >= 0.3 is 11.9 Å². The lowest BCUT2D eigenvalue weighted by molar-refractivity contribution is -0.153. The van der Waals surface area contributed by atoms with Crippen LogP contribution in [0.15, 0.2) is 34.0 Å². The van der Waals surface area contributed by atoms with E-state index in [2.05, 4.69) is 9.88 Å². The fourth-order valence-electron chi connectivity index (χ4n) is 3.53. The number of nitrogens with one attached hydrogen (secondary N) is 1. The number of rotatable bonds is 8. The maximum Gasteiger partial charge on any atom is 0.422 e. The monoisotopic (exact) mass is 496 g/mol. The summed E-state index contributed by atoms with van der Waals surface area (Å²) in [5.41, 5.74) is -0.600. The van der Waals surface area contributed by atoms with Gasteiger partial charge < -0.3 is 19.4 Å². The maximum absolute atomic E-state index is 13.5. The Bertz CT molecular complexity index is 1040. The first kappa shape index (κ1) is 26.5. The highest BCUT2D eigenvalue weighted by molar-refractivity contribution is 5.85. The molecule has 0 radical (unpaired) electrons. The van der Waals surface area contributed by atoms with Crippen LogP contribution in [-0.4, -0.2) is 67.1 Å². The standard InChI is InChI=1S/C20H24F4N4O4.ClH/c1-31-17-12-25-19(30)28(18(17)29)6-2-5-26-7-9-27(10-8-26)15-4-3-14(21)11-16(15)32-13-20(22,23)24;/h3-4,11-12H,2,5-10,13H2,1H3,(H,25,30);1H. The van der Waals surface area contributed by atoms with E-state index in [9.17, 15) is 27.2 Å². The molecule has 0 amide bonds.